The largest absolute Gasteiger partial charge is 0.497 e. The molecule has 0 spiro atoms. The molecule has 132 valence electrons. The molecular weight excluding hydrogens is 328 g/mol. The number of carbonyl (C=O) groups excluding carboxylic acids is 2. The summed E-state index contributed by atoms with van der Waals surface area (Å²) in [4.78, 5) is 28.8. The molecular formula is C17H24N2O4S. The topological polar surface area (TPSA) is 59.1 Å². The first kappa shape index (κ1) is 18.4. The second-order valence-corrected chi connectivity index (χ2v) is 6.86. The number of nitrogens with zero attached hydrogens (tertiary/aromatic N) is 2. The van der Waals surface area contributed by atoms with Gasteiger partial charge in [0.05, 0.1) is 19.0 Å². The van der Waals surface area contributed by atoms with Gasteiger partial charge in [0, 0.05) is 31.1 Å². The van der Waals surface area contributed by atoms with Gasteiger partial charge in [-0.1, -0.05) is 0 Å². The molecule has 0 radical (unpaired) electrons. The molecule has 0 bridgehead atoms. The smallest absolute Gasteiger partial charge is 0.409 e. The van der Waals surface area contributed by atoms with Crippen molar-refractivity contribution in [1.29, 1.82) is 0 Å². The Morgan fingerprint density at radius 3 is 2.25 bits per heavy atom. The summed E-state index contributed by atoms with van der Waals surface area (Å²) < 4.78 is 10.1. The van der Waals surface area contributed by atoms with E-state index in [2.05, 4.69) is 0 Å². The molecule has 0 unspecified atom stereocenters. The first-order valence-corrected chi connectivity index (χ1v) is 8.94. The van der Waals surface area contributed by atoms with Gasteiger partial charge in [0.2, 0.25) is 5.91 Å². The monoisotopic (exact) mass is 352 g/mol. The highest BCUT2D eigenvalue weighted by Gasteiger charge is 2.27. The summed E-state index contributed by atoms with van der Waals surface area (Å²) >= 11 is 1.53. The number of rotatable bonds is 5. The van der Waals surface area contributed by atoms with Gasteiger partial charge >= 0.3 is 6.09 Å². The van der Waals surface area contributed by atoms with Crippen LogP contribution in [0.1, 0.15) is 13.8 Å². The molecule has 0 aliphatic carbocycles. The highest BCUT2D eigenvalue weighted by molar-refractivity contribution is 8.00. The van der Waals surface area contributed by atoms with E-state index >= 15 is 0 Å². The molecule has 0 N–H and O–H groups in total. The average molecular weight is 352 g/mol. The number of hydrogen-bond donors (Lipinski definition) is 0. The molecule has 1 heterocycles. The highest BCUT2D eigenvalue weighted by Crippen LogP contribution is 2.26. The van der Waals surface area contributed by atoms with Crippen molar-refractivity contribution in [3.05, 3.63) is 24.3 Å². The van der Waals surface area contributed by atoms with Crippen molar-refractivity contribution in [3.63, 3.8) is 0 Å². The highest BCUT2D eigenvalue weighted by atomic mass is 32.2. The third-order valence-electron chi connectivity index (χ3n) is 3.84. The molecule has 7 heteroatoms. The SMILES string of the molecule is CCOC(=O)N1CCN(C(=O)[C@@H](C)Sc2ccc(OC)cc2)CC1. The minimum atomic E-state index is -0.301. The number of carbonyl (C=O) groups is 2. The summed E-state index contributed by atoms with van der Waals surface area (Å²) in [7, 11) is 1.63. The lowest BCUT2D eigenvalue weighted by atomic mass is 10.3. The van der Waals surface area contributed by atoms with Gasteiger partial charge in [0.15, 0.2) is 0 Å². The summed E-state index contributed by atoms with van der Waals surface area (Å²) in [5.74, 6) is 0.896. The average Bonchev–Trinajstić information content (AvgIpc) is 2.62. The summed E-state index contributed by atoms with van der Waals surface area (Å²) in [6, 6.07) is 7.67. The fraction of sp³-hybridized carbons (Fsp3) is 0.529. The minimum Gasteiger partial charge on any atom is -0.497 e. The number of amides is 2. The number of ether oxygens (including phenoxy) is 2. The normalized spacial score (nSPS) is 15.8. The molecule has 24 heavy (non-hydrogen) atoms. The molecule has 1 aliphatic heterocycles. The van der Waals surface area contributed by atoms with Crippen molar-refractivity contribution in [2.24, 2.45) is 0 Å². The Balaban J connectivity index is 1.84. The van der Waals surface area contributed by atoms with Crippen molar-refractivity contribution in [2.75, 3.05) is 39.9 Å². The summed E-state index contributed by atoms with van der Waals surface area (Å²) in [5.41, 5.74) is 0. The van der Waals surface area contributed by atoms with Gasteiger partial charge in [-0.2, -0.15) is 0 Å². The Kier molecular flexibility index (Phi) is 6.78. The van der Waals surface area contributed by atoms with Crippen LogP contribution in [0.3, 0.4) is 0 Å². The lowest BCUT2D eigenvalue weighted by Gasteiger charge is -2.35. The van der Waals surface area contributed by atoms with Gasteiger partial charge in [-0.25, -0.2) is 4.79 Å². The maximum atomic E-state index is 12.6. The molecule has 0 aromatic heterocycles. The van der Waals surface area contributed by atoms with E-state index in [1.54, 1.807) is 18.9 Å². The second kappa shape index (κ2) is 8.82. The van der Waals surface area contributed by atoms with Crippen LogP contribution in [0.4, 0.5) is 4.79 Å². The van der Waals surface area contributed by atoms with Gasteiger partial charge in [-0.3, -0.25) is 4.79 Å². The van der Waals surface area contributed by atoms with Crippen LogP contribution < -0.4 is 4.74 Å². The fourth-order valence-electron chi connectivity index (χ4n) is 2.49. The Labute approximate surface area is 147 Å². The number of hydrogen-bond acceptors (Lipinski definition) is 5. The Morgan fingerprint density at radius 1 is 1.12 bits per heavy atom. The fourth-order valence-corrected chi connectivity index (χ4v) is 3.44. The molecule has 0 saturated carbocycles. The van der Waals surface area contributed by atoms with Crippen LogP contribution in [0.15, 0.2) is 29.2 Å². The molecule has 6 nitrogen and oxygen atoms in total. The Bertz CT molecular complexity index is 556. The van der Waals surface area contributed by atoms with Gasteiger partial charge in [-0.05, 0) is 38.1 Å². The van der Waals surface area contributed by atoms with E-state index in [9.17, 15) is 9.59 Å². The quantitative estimate of drug-likeness (QED) is 0.762. The number of piperazine rings is 1. The van der Waals surface area contributed by atoms with E-state index in [-0.39, 0.29) is 17.3 Å². The molecule has 1 saturated heterocycles. The summed E-state index contributed by atoms with van der Waals surface area (Å²) in [5, 5.41) is -0.174. The van der Waals surface area contributed by atoms with Crippen LogP contribution >= 0.6 is 11.8 Å². The van der Waals surface area contributed by atoms with Crippen LogP contribution in [-0.2, 0) is 9.53 Å². The maximum Gasteiger partial charge on any atom is 0.409 e. The van der Waals surface area contributed by atoms with Crippen LogP contribution in [0, 0.1) is 0 Å². The molecule has 2 rings (SSSR count). The third kappa shape index (κ3) is 4.80. The van der Waals surface area contributed by atoms with E-state index in [1.807, 2.05) is 36.1 Å². The lowest BCUT2D eigenvalue weighted by Crippen LogP contribution is -2.52. The summed E-state index contributed by atoms with van der Waals surface area (Å²) in [6.07, 6.45) is -0.301. The van der Waals surface area contributed by atoms with E-state index in [0.717, 1.165) is 10.6 Å². The standard InChI is InChI=1S/C17H24N2O4S/c1-4-23-17(21)19-11-9-18(10-12-19)16(20)13(2)24-15-7-5-14(22-3)6-8-15/h5-8,13H,4,9-12H2,1-3H3/t13-/m1/s1. The lowest BCUT2D eigenvalue weighted by molar-refractivity contribution is -0.131. The first-order chi connectivity index (χ1) is 11.5. The minimum absolute atomic E-state index is 0.0966. The Morgan fingerprint density at radius 2 is 1.71 bits per heavy atom. The van der Waals surface area contributed by atoms with Crippen molar-refractivity contribution < 1.29 is 19.1 Å². The van der Waals surface area contributed by atoms with E-state index < -0.39 is 0 Å². The molecule has 2 amide bonds. The van der Waals surface area contributed by atoms with Gasteiger partial charge in [0.1, 0.15) is 5.75 Å². The zero-order valence-electron chi connectivity index (χ0n) is 14.4. The predicted molar refractivity (Wildman–Crippen MR) is 93.5 cm³/mol. The second-order valence-electron chi connectivity index (χ2n) is 5.45. The zero-order valence-corrected chi connectivity index (χ0v) is 15.2. The molecule has 1 aromatic carbocycles. The van der Waals surface area contributed by atoms with Crippen LogP contribution in [0.25, 0.3) is 0 Å². The first-order valence-electron chi connectivity index (χ1n) is 8.06. The zero-order chi connectivity index (χ0) is 17.5. The number of methoxy groups -OCH3 is 1. The van der Waals surface area contributed by atoms with E-state index in [1.165, 1.54) is 11.8 Å². The van der Waals surface area contributed by atoms with E-state index in [4.69, 9.17) is 9.47 Å². The maximum absolute atomic E-state index is 12.6. The van der Waals surface area contributed by atoms with Crippen LogP contribution in [0.5, 0.6) is 5.75 Å². The molecule has 1 atom stereocenters. The number of benzene rings is 1. The van der Waals surface area contributed by atoms with Gasteiger partial charge < -0.3 is 19.3 Å². The Hall–Kier alpha value is -1.89. The van der Waals surface area contributed by atoms with Crippen molar-refractivity contribution in [1.82, 2.24) is 9.80 Å². The van der Waals surface area contributed by atoms with E-state index in [0.29, 0.717) is 32.8 Å². The van der Waals surface area contributed by atoms with Crippen molar-refractivity contribution in [3.8, 4) is 5.75 Å². The third-order valence-corrected chi connectivity index (χ3v) is 4.94. The van der Waals surface area contributed by atoms with Crippen molar-refractivity contribution in [2.45, 2.75) is 24.0 Å². The predicted octanol–water partition coefficient (Wildman–Crippen LogP) is 2.48. The van der Waals surface area contributed by atoms with Crippen LogP contribution in [-0.4, -0.2) is 66.9 Å². The number of thioether (sulfide) groups is 1. The molecule has 1 aromatic rings. The molecule has 1 aliphatic rings. The van der Waals surface area contributed by atoms with Crippen LogP contribution in [0.2, 0.25) is 0 Å². The van der Waals surface area contributed by atoms with Gasteiger partial charge in [0.25, 0.3) is 0 Å². The van der Waals surface area contributed by atoms with Crippen molar-refractivity contribution >= 4 is 23.8 Å². The summed E-state index contributed by atoms with van der Waals surface area (Å²) in [6.45, 7) is 6.20. The molecule has 1 fully saturated rings. The van der Waals surface area contributed by atoms with Gasteiger partial charge in [-0.15, -0.1) is 11.8 Å².